The summed E-state index contributed by atoms with van der Waals surface area (Å²) in [6.45, 7) is 0.625. The Hall–Kier alpha value is -0.380. The SMILES string of the molecule is NCC1(CCc2cccs2)CCCC1O. The number of aryl methyl sites for hydroxylation is 1. The first-order chi connectivity index (χ1) is 7.27. The summed E-state index contributed by atoms with van der Waals surface area (Å²) < 4.78 is 0. The van der Waals surface area contributed by atoms with Crippen LogP contribution in [-0.4, -0.2) is 17.8 Å². The van der Waals surface area contributed by atoms with E-state index in [4.69, 9.17) is 5.73 Å². The molecule has 1 aromatic rings. The summed E-state index contributed by atoms with van der Waals surface area (Å²) in [5.41, 5.74) is 5.85. The Morgan fingerprint density at radius 3 is 3.00 bits per heavy atom. The fourth-order valence-corrected chi connectivity index (χ4v) is 3.29. The number of nitrogens with two attached hydrogens (primary N) is 1. The molecule has 1 saturated carbocycles. The van der Waals surface area contributed by atoms with Gasteiger partial charge >= 0.3 is 0 Å². The molecule has 0 saturated heterocycles. The van der Waals surface area contributed by atoms with Crippen molar-refractivity contribution in [1.82, 2.24) is 0 Å². The van der Waals surface area contributed by atoms with Crippen LogP contribution in [0, 0.1) is 5.41 Å². The van der Waals surface area contributed by atoms with E-state index in [0.29, 0.717) is 6.54 Å². The molecular weight excluding hydrogens is 206 g/mol. The molecule has 1 fully saturated rings. The second-order valence-electron chi connectivity index (χ2n) is 4.55. The van der Waals surface area contributed by atoms with Crippen LogP contribution in [0.3, 0.4) is 0 Å². The van der Waals surface area contributed by atoms with Gasteiger partial charge in [0, 0.05) is 16.8 Å². The van der Waals surface area contributed by atoms with Gasteiger partial charge in [0.1, 0.15) is 0 Å². The fraction of sp³-hybridized carbons (Fsp3) is 0.667. The molecule has 3 heteroatoms. The third-order valence-electron chi connectivity index (χ3n) is 3.72. The minimum Gasteiger partial charge on any atom is -0.393 e. The summed E-state index contributed by atoms with van der Waals surface area (Å²) in [6.07, 6.45) is 5.07. The van der Waals surface area contributed by atoms with E-state index in [2.05, 4.69) is 17.5 Å². The van der Waals surface area contributed by atoms with E-state index >= 15 is 0 Å². The molecule has 0 amide bonds. The molecule has 1 heterocycles. The number of hydrogen-bond acceptors (Lipinski definition) is 3. The van der Waals surface area contributed by atoms with Gasteiger partial charge in [-0.15, -0.1) is 11.3 Å². The predicted molar refractivity (Wildman–Crippen MR) is 64.0 cm³/mol. The van der Waals surface area contributed by atoms with Gasteiger partial charge in [-0.2, -0.15) is 0 Å². The summed E-state index contributed by atoms with van der Waals surface area (Å²) in [6, 6.07) is 4.25. The van der Waals surface area contributed by atoms with E-state index in [0.717, 1.165) is 32.1 Å². The highest BCUT2D eigenvalue weighted by atomic mass is 32.1. The normalized spacial score (nSPS) is 30.9. The van der Waals surface area contributed by atoms with Crippen LogP contribution in [0.2, 0.25) is 0 Å². The van der Waals surface area contributed by atoms with Gasteiger partial charge in [-0.25, -0.2) is 0 Å². The van der Waals surface area contributed by atoms with Crippen LogP contribution in [0.25, 0.3) is 0 Å². The first kappa shape index (κ1) is 11.1. The Balaban J connectivity index is 1.96. The van der Waals surface area contributed by atoms with E-state index in [9.17, 15) is 5.11 Å². The Morgan fingerprint density at radius 1 is 1.60 bits per heavy atom. The van der Waals surface area contributed by atoms with Crippen molar-refractivity contribution in [2.24, 2.45) is 11.1 Å². The lowest BCUT2D eigenvalue weighted by molar-refractivity contribution is 0.0525. The molecule has 15 heavy (non-hydrogen) atoms. The number of hydrogen-bond donors (Lipinski definition) is 2. The number of thiophene rings is 1. The van der Waals surface area contributed by atoms with Crippen molar-refractivity contribution in [3.05, 3.63) is 22.4 Å². The minimum atomic E-state index is -0.178. The van der Waals surface area contributed by atoms with Crippen LogP contribution in [0.1, 0.15) is 30.6 Å². The Labute approximate surface area is 95.1 Å². The molecule has 2 nitrogen and oxygen atoms in total. The molecule has 84 valence electrons. The molecule has 3 N–H and O–H groups in total. The fourth-order valence-electron chi connectivity index (χ4n) is 2.58. The van der Waals surface area contributed by atoms with Crippen LogP contribution in [0.4, 0.5) is 0 Å². The van der Waals surface area contributed by atoms with Crippen molar-refractivity contribution in [2.75, 3.05) is 6.54 Å². The molecule has 1 aromatic heterocycles. The Bertz CT molecular complexity index is 299. The average molecular weight is 225 g/mol. The van der Waals surface area contributed by atoms with Crippen LogP contribution < -0.4 is 5.73 Å². The zero-order valence-electron chi connectivity index (χ0n) is 8.98. The number of aliphatic hydroxyl groups excluding tert-OH is 1. The van der Waals surface area contributed by atoms with Crippen molar-refractivity contribution >= 4 is 11.3 Å². The molecule has 2 atom stereocenters. The lowest BCUT2D eigenvalue weighted by atomic mass is 9.79. The maximum Gasteiger partial charge on any atom is 0.0608 e. The lowest BCUT2D eigenvalue weighted by Crippen LogP contribution is -2.38. The number of aliphatic hydroxyl groups is 1. The zero-order chi connectivity index (χ0) is 10.7. The van der Waals surface area contributed by atoms with Gasteiger partial charge in [0.25, 0.3) is 0 Å². The molecule has 0 aliphatic heterocycles. The molecule has 2 unspecified atom stereocenters. The topological polar surface area (TPSA) is 46.2 Å². The average Bonchev–Trinajstić information content (AvgIpc) is 2.85. The van der Waals surface area contributed by atoms with Crippen molar-refractivity contribution in [3.63, 3.8) is 0 Å². The van der Waals surface area contributed by atoms with Crippen LogP contribution in [0.15, 0.2) is 17.5 Å². The molecular formula is C12H19NOS. The summed E-state index contributed by atoms with van der Waals surface area (Å²) in [5, 5.41) is 12.1. The molecule has 1 aliphatic rings. The van der Waals surface area contributed by atoms with Crippen molar-refractivity contribution < 1.29 is 5.11 Å². The maximum atomic E-state index is 9.99. The van der Waals surface area contributed by atoms with Gasteiger partial charge in [0.05, 0.1) is 6.10 Å². The molecule has 0 aromatic carbocycles. The standard InChI is InChI=1S/C12H19NOS/c13-9-12(6-1-4-11(12)14)7-5-10-3-2-8-15-10/h2-3,8,11,14H,1,4-7,9,13H2. The first-order valence-corrected chi connectivity index (χ1v) is 6.55. The molecule has 0 radical (unpaired) electrons. The molecule has 2 rings (SSSR count). The predicted octanol–water partition coefficient (Wildman–Crippen LogP) is 2.17. The van der Waals surface area contributed by atoms with E-state index in [-0.39, 0.29) is 11.5 Å². The van der Waals surface area contributed by atoms with Gasteiger partial charge in [0.15, 0.2) is 0 Å². The van der Waals surface area contributed by atoms with Gasteiger partial charge in [-0.05, 0) is 37.1 Å². The third-order valence-corrected chi connectivity index (χ3v) is 4.65. The zero-order valence-corrected chi connectivity index (χ0v) is 9.80. The van der Waals surface area contributed by atoms with E-state index < -0.39 is 0 Å². The molecule has 0 spiro atoms. The lowest BCUT2D eigenvalue weighted by Gasteiger charge is -2.31. The highest BCUT2D eigenvalue weighted by Crippen LogP contribution is 2.41. The number of rotatable bonds is 4. The van der Waals surface area contributed by atoms with Gasteiger partial charge < -0.3 is 10.8 Å². The Kier molecular flexibility index (Phi) is 3.44. The summed E-state index contributed by atoms with van der Waals surface area (Å²) in [4.78, 5) is 1.40. The second kappa shape index (κ2) is 4.64. The van der Waals surface area contributed by atoms with Gasteiger partial charge in [0.2, 0.25) is 0 Å². The smallest absolute Gasteiger partial charge is 0.0608 e. The highest BCUT2D eigenvalue weighted by Gasteiger charge is 2.40. The van der Waals surface area contributed by atoms with Gasteiger partial charge in [-0.1, -0.05) is 12.5 Å². The molecule has 1 aliphatic carbocycles. The highest BCUT2D eigenvalue weighted by molar-refractivity contribution is 7.09. The maximum absolute atomic E-state index is 9.99. The van der Waals surface area contributed by atoms with Crippen molar-refractivity contribution in [2.45, 2.75) is 38.2 Å². The van der Waals surface area contributed by atoms with Crippen LogP contribution >= 0.6 is 11.3 Å². The van der Waals surface area contributed by atoms with Crippen molar-refractivity contribution in [3.8, 4) is 0 Å². The van der Waals surface area contributed by atoms with E-state index in [1.54, 1.807) is 11.3 Å². The summed E-state index contributed by atoms with van der Waals surface area (Å²) in [7, 11) is 0. The van der Waals surface area contributed by atoms with E-state index in [1.165, 1.54) is 4.88 Å². The van der Waals surface area contributed by atoms with Crippen molar-refractivity contribution in [1.29, 1.82) is 0 Å². The summed E-state index contributed by atoms with van der Waals surface area (Å²) >= 11 is 1.79. The third kappa shape index (κ3) is 2.25. The minimum absolute atomic E-state index is 0.00396. The monoisotopic (exact) mass is 225 g/mol. The quantitative estimate of drug-likeness (QED) is 0.825. The second-order valence-corrected chi connectivity index (χ2v) is 5.59. The van der Waals surface area contributed by atoms with Crippen LogP contribution in [-0.2, 0) is 6.42 Å². The Morgan fingerprint density at radius 2 is 2.47 bits per heavy atom. The molecule has 0 bridgehead atoms. The van der Waals surface area contributed by atoms with E-state index in [1.807, 2.05) is 0 Å². The van der Waals surface area contributed by atoms with Crippen LogP contribution in [0.5, 0.6) is 0 Å². The summed E-state index contributed by atoms with van der Waals surface area (Å²) in [5.74, 6) is 0. The largest absolute Gasteiger partial charge is 0.393 e. The first-order valence-electron chi connectivity index (χ1n) is 5.67. The van der Waals surface area contributed by atoms with Gasteiger partial charge in [-0.3, -0.25) is 0 Å².